The van der Waals surface area contributed by atoms with Gasteiger partial charge in [0.05, 0.1) is 0 Å². The van der Waals surface area contributed by atoms with Crippen LogP contribution in [-0.4, -0.2) is 24.9 Å². The largest absolute Gasteiger partial charge is 0.372 e. The number of amides is 2. The molecule has 5 heteroatoms. The summed E-state index contributed by atoms with van der Waals surface area (Å²) in [7, 11) is 0. The van der Waals surface area contributed by atoms with Gasteiger partial charge in [-0.2, -0.15) is 0 Å². The zero-order valence-electron chi connectivity index (χ0n) is 13.3. The molecule has 2 amide bonds. The molecule has 0 aromatic heterocycles. The molecule has 0 unspecified atom stereocenters. The molecule has 0 radical (unpaired) electrons. The van der Waals surface area contributed by atoms with Gasteiger partial charge in [0.1, 0.15) is 0 Å². The molecule has 1 atom stereocenters. The number of nitrogens with zero attached hydrogens (tertiary/aromatic N) is 1. The Morgan fingerprint density at radius 3 is 2.10 bits per heavy atom. The average molecular weight is 291 g/mol. The van der Waals surface area contributed by atoms with Crippen LogP contribution in [0.1, 0.15) is 44.5 Å². The molecule has 0 bridgehead atoms. The van der Waals surface area contributed by atoms with Crippen molar-refractivity contribution in [2.75, 3.05) is 18.0 Å². The number of carbonyl (C=O) groups excluding carboxylic acids is 2. The van der Waals surface area contributed by atoms with Gasteiger partial charge in [-0.1, -0.05) is 13.8 Å². The van der Waals surface area contributed by atoms with Gasteiger partial charge < -0.3 is 4.90 Å². The Kier molecular flexibility index (Phi) is 6.72. The van der Waals surface area contributed by atoms with E-state index >= 15 is 0 Å². The Labute approximate surface area is 126 Å². The van der Waals surface area contributed by atoms with E-state index in [1.165, 1.54) is 0 Å². The van der Waals surface area contributed by atoms with Crippen molar-refractivity contribution in [3.05, 3.63) is 29.8 Å². The van der Waals surface area contributed by atoms with E-state index in [0.717, 1.165) is 25.2 Å². The first-order valence-electron chi connectivity index (χ1n) is 7.48. The van der Waals surface area contributed by atoms with E-state index in [4.69, 9.17) is 0 Å². The maximum Gasteiger partial charge on any atom is 0.269 e. The van der Waals surface area contributed by atoms with E-state index in [2.05, 4.69) is 29.6 Å². The Morgan fingerprint density at radius 1 is 1.05 bits per heavy atom. The summed E-state index contributed by atoms with van der Waals surface area (Å²) in [6.07, 6.45) is 0.736. The first-order chi connectivity index (χ1) is 10.0. The van der Waals surface area contributed by atoms with Gasteiger partial charge in [-0.3, -0.25) is 20.4 Å². The van der Waals surface area contributed by atoms with Gasteiger partial charge in [-0.05, 0) is 44.5 Å². The van der Waals surface area contributed by atoms with E-state index < -0.39 is 0 Å². The quantitative estimate of drug-likeness (QED) is 0.791. The average Bonchev–Trinajstić information content (AvgIpc) is 2.53. The second kappa shape index (κ2) is 8.29. The summed E-state index contributed by atoms with van der Waals surface area (Å²) in [6.45, 7) is 9.78. The first-order valence-corrected chi connectivity index (χ1v) is 7.48. The predicted octanol–water partition coefficient (Wildman–Crippen LogP) is 2.34. The lowest BCUT2D eigenvalue weighted by Gasteiger charge is -2.21. The van der Waals surface area contributed by atoms with Crippen molar-refractivity contribution in [3.8, 4) is 0 Å². The van der Waals surface area contributed by atoms with Crippen LogP contribution < -0.4 is 15.8 Å². The molecule has 5 nitrogen and oxygen atoms in total. The lowest BCUT2D eigenvalue weighted by atomic mass is 10.1. The second-order valence-electron chi connectivity index (χ2n) is 4.97. The smallest absolute Gasteiger partial charge is 0.269 e. The predicted molar refractivity (Wildman–Crippen MR) is 85.1 cm³/mol. The number of anilines is 1. The molecule has 1 aromatic carbocycles. The second-order valence-corrected chi connectivity index (χ2v) is 4.97. The third-order valence-electron chi connectivity index (χ3n) is 3.62. The van der Waals surface area contributed by atoms with Gasteiger partial charge in [0.15, 0.2) is 0 Å². The number of rotatable bonds is 6. The van der Waals surface area contributed by atoms with Crippen LogP contribution in [0.5, 0.6) is 0 Å². The zero-order chi connectivity index (χ0) is 15.8. The van der Waals surface area contributed by atoms with E-state index in [9.17, 15) is 9.59 Å². The normalized spacial score (nSPS) is 11.6. The molecule has 116 valence electrons. The van der Waals surface area contributed by atoms with Crippen molar-refractivity contribution in [1.29, 1.82) is 0 Å². The molecular formula is C16H25N3O2. The first kappa shape index (κ1) is 17.0. The number of benzene rings is 1. The Hall–Kier alpha value is -2.04. The standard InChI is InChI=1S/C16H25N3O2/c1-5-12(4)15(20)17-18-16(21)13-8-10-14(11-9-13)19(6-2)7-3/h8-12H,5-7H2,1-4H3,(H,17,20)(H,18,21)/t12-/m0/s1. The van der Waals surface area contributed by atoms with E-state index in [0.29, 0.717) is 5.56 Å². The van der Waals surface area contributed by atoms with Crippen LogP contribution >= 0.6 is 0 Å². The van der Waals surface area contributed by atoms with Crippen LogP contribution in [0.15, 0.2) is 24.3 Å². The fraction of sp³-hybridized carbons (Fsp3) is 0.500. The highest BCUT2D eigenvalue weighted by Gasteiger charge is 2.12. The van der Waals surface area contributed by atoms with Crippen LogP contribution in [0, 0.1) is 5.92 Å². The maximum absolute atomic E-state index is 11.9. The lowest BCUT2D eigenvalue weighted by Crippen LogP contribution is -2.43. The van der Waals surface area contributed by atoms with Gasteiger partial charge >= 0.3 is 0 Å². The third-order valence-corrected chi connectivity index (χ3v) is 3.62. The van der Waals surface area contributed by atoms with Crippen LogP contribution in [0.2, 0.25) is 0 Å². The Balaban J connectivity index is 2.61. The van der Waals surface area contributed by atoms with Crippen molar-refractivity contribution in [2.24, 2.45) is 5.92 Å². The number of carbonyl (C=O) groups is 2. The van der Waals surface area contributed by atoms with Crippen molar-refractivity contribution in [2.45, 2.75) is 34.1 Å². The van der Waals surface area contributed by atoms with Crippen molar-refractivity contribution >= 4 is 17.5 Å². The van der Waals surface area contributed by atoms with Crippen molar-refractivity contribution < 1.29 is 9.59 Å². The molecule has 0 spiro atoms. The topological polar surface area (TPSA) is 61.4 Å². The molecule has 0 aliphatic heterocycles. The van der Waals surface area contributed by atoms with Gasteiger partial charge in [-0.15, -0.1) is 0 Å². The van der Waals surface area contributed by atoms with Crippen molar-refractivity contribution in [3.63, 3.8) is 0 Å². The SMILES string of the molecule is CC[C@H](C)C(=O)NNC(=O)c1ccc(N(CC)CC)cc1. The molecule has 0 fully saturated rings. The fourth-order valence-corrected chi connectivity index (χ4v) is 1.91. The Morgan fingerprint density at radius 2 is 1.62 bits per heavy atom. The molecule has 1 rings (SSSR count). The summed E-state index contributed by atoms with van der Waals surface area (Å²) < 4.78 is 0. The molecule has 1 aromatic rings. The minimum Gasteiger partial charge on any atom is -0.372 e. The van der Waals surface area contributed by atoms with Crippen LogP contribution in [0.25, 0.3) is 0 Å². The third kappa shape index (κ3) is 4.77. The van der Waals surface area contributed by atoms with Gasteiger partial charge in [0.25, 0.3) is 5.91 Å². The molecule has 21 heavy (non-hydrogen) atoms. The number of hydrogen-bond donors (Lipinski definition) is 2. The van der Waals surface area contributed by atoms with Gasteiger partial charge in [0, 0.05) is 30.3 Å². The highest BCUT2D eigenvalue weighted by atomic mass is 16.2. The number of hydrazine groups is 1. The molecule has 0 saturated heterocycles. The van der Waals surface area contributed by atoms with Crippen LogP contribution in [0.3, 0.4) is 0 Å². The summed E-state index contributed by atoms with van der Waals surface area (Å²) in [6, 6.07) is 7.35. The van der Waals surface area contributed by atoms with Gasteiger partial charge in [0.2, 0.25) is 5.91 Å². The van der Waals surface area contributed by atoms with Crippen LogP contribution in [-0.2, 0) is 4.79 Å². The summed E-state index contributed by atoms with van der Waals surface area (Å²) in [5.41, 5.74) is 6.49. The van der Waals surface area contributed by atoms with E-state index in [-0.39, 0.29) is 17.7 Å². The highest BCUT2D eigenvalue weighted by molar-refractivity contribution is 5.95. The summed E-state index contributed by atoms with van der Waals surface area (Å²) in [5, 5.41) is 0. The van der Waals surface area contributed by atoms with Crippen LogP contribution in [0.4, 0.5) is 5.69 Å². The number of nitrogens with one attached hydrogen (secondary N) is 2. The summed E-state index contributed by atoms with van der Waals surface area (Å²) in [5.74, 6) is -0.598. The minimum atomic E-state index is -0.308. The summed E-state index contributed by atoms with van der Waals surface area (Å²) >= 11 is 0. The number of hydrogen-bond acceptors (Lipinski definition) is 3. The summed E-state index contributed by atoms with van der Waals surface area (Å²) in [4.78, 5) is 25.7. The van der Waals surface area contributed by atoms with Gasteiger partial charge in [-0.25, -0.2) is 0 Å². The van der Waals surface area contributed by atoms with E-state index in [1.54, 1.807) is 12.1 Å². The van der Waals surface area contributed by atoms with E-state index in [1.807, 2.05) is 26.0 Å². The monoisotopic (exact) mass is 291 g/mol. The molecule has 2 N–H and O–H groups in total. The molecule has 0 saturated carbocycles. The fourth-order valence-electron chi connectivity index (χ4n) is 1.91. The molecule has 0 aliphatic rings. The maximum atomic E-state index is 11.9. The highest BCUT2D eigenvalue weighted by Crippen LogP contribution is 2.14. The van der Waals surface area contributed by atoms with Crippen molar-refractivity contribution in [1.82, 2.24) is 10.9 Å². The minimum absolute atomic E-state index is 0.115. The zero-order valence-corrected chi connectivity index (χ0v) is 13.3. The molecule has 0 heterocycles. The lowest BCUT2D eigenvalue weighted by molar-refractivity contribution is -0.125. The molecular weight excluding hydrogens is 266 g/mol. The Bertz CT molecular complexity index is 467. The molecule has 0 aliphatic carbocycles.